The molecule has 1 aromatic carbocycles. The molecule has 0 fully saturated rings. The number of nitrogens with two attached hydrogens (primary N) is 1. The van der Waals surface area contributed by atoms with Crippen molar-refractivity contribution in [3.63, 3.8) is 0 Å². The maximum Gasteiger partial charge on any atom is 0.409 e. The molecular formula is C9H8N2O3. The van der Waals surface area contributed by atoms with Gasteiger partial charge in [0.15, 0.2) is 0 Å². The van der Waals surface area contributed by atoms with Crippen LogP contribution in [0.4, 0.5) is 10.5 Å². The molecule has 0 spiro atoms. The van der Waals surface area contributed by atoms with Gasteiger partial charge >= 0.3 is 6.09 Å². The largest absolute Gasteiger partial charge is 0.410 e. The maximum absolute atomic E-state index is 10.5. The molecule has 72 valence electrons. The van der Waals surface area contributed by atoms with Crippen molar-refractivity contribution in [3.8, 4) is 5.75 Å². The first-order valence-corrected chi connectivity index (χ1v) is 3.80. The number of rotatable bonds is 2. The van der Waals surface area contributed by atoms with E-state index in [0.717, 1.165) is 0 Å². The molecule has 0 heterocycles. The van der Waals surface area contributed by atoms with Crippen LogP contribution in [-0.4, -0.2) is 12.2 Å². The van der Waals surface area contributed by atoms with E-state index in [4.69, 9.17) is 5.73 Å². The van der Waals surface area contributed by atoms with Crippen LogP contribution < -0.4 is 10.5 Å². The first kappa shape index (κ1) is 9.95. The number of primary amides is 1. The summed E-state index contributed by atoms with van der Waals surface area (Å²) >= 11 is 0. The van der Waals surface area contributed by atoms with Crippen molar-refractivity contribution in [2.75, 3.05) is 0 Å². The number of aliphatic imine (C=N–C) groups is 1. The van der Waals surface area contributed by atoms with Gasteiger partial charge in [0, 0.05) is 5.56 Å². The molecule has 5 nitrogen and oxygen atoms in total. The number of carbonyl (C=O) groups excluding carboxylic acids is 2. The number of benzene rings is 1. The summed E-state index contributed by atoms with van der Waals surface area (Å²) in [6.07, 6.45) is 0.506. The lowest BCUT2D eigenvalue weighted by molar-refractivity contribution is 0.210. The Morgan fingerprint density at radius 1 is 1.57 bits per heavy atom. The molecule has 0 aromatic heterocycles. The van der Waals surface area contributed by atoms with E-state index in [1.165, 1.54) is 6.08 Å². The van der Waals surface area contributed by atoms with Crippen LogP contribution in [-0.2, 0) is 4.79 Å². The second-order valence-corrected chi connectivity index (χ2v) is 2.52. The van der Waals surface area contributed by atoms with Gasteiger partial charge in [-0.15, -0.1) is 0 Å². The fourth-order valence-corrected chi connectivity index (χ4v) is 0.992. The second-order valence-electron chi connectivity index (χ2n) is 2.52. The quantitative estimate of drug-likeness (QED) is 0.568. The second kappa shape index (κ2) is 4.20. The highest BCUT2D eigenvalue weighted by molar-refractivity contribution is 5.70. The van der Waals surface area contributed by atoms with E-state index in [2.05, 4.69) is 9.73 Å². The molecule has 0 radical (unpaired) electrons. The number of hydrogen-bond acceptors (Lipinski definition) is 4. The van der Waals surface area contributed by atoms with E-state index in [9.17, 15) is 9.59 Å². The fraction of sp³-hybridized carbons (Fsp3) is 0.111. The van der Waals surface area contributed by atoms with E-state index >= 15 is 0 Å². The molecule has 0 aliphatic carbocycles. The lowest BCUT2D eigenvalue weighted by atomic mass is 10.2. The van der Waals surface area contributed by atoms with E-state index in [1.54, 1.807) is 25.1 Å². The molecule has 0 atom stereocenters. The fourth-order valence-electron chi connectivity index (χ4n) is 0.992. The van der Waals surface area contributed by atoms with Crippen molar-refractivity contribution in [2.24, 2.45) is 10.7 Å². The minimum absolute atomic E-state index is 0.286. The smallest absolute Gasteiger partial charge is 0.409 e. The Morgan fingerprint density at radius 2 is 2.29 bits per heavy atom. The summed E-state index contributed by atoms with van der Waals surface area (Å²) < 4.78 is 4.68. The van der Waals surface area contributed by atoms with Gasteiger partial charge in [0.2, 0.25) is 6.08 Å². The summed E-state index contributed by atoms with van der Waals surface area (Å²) in [6, 6.07) is 4.76. The molecule has 0 saturated heterocycles. The maximum atomic E-state index is 10.5. The van der Waals surface area contributed by atoms with Crippen LogP contribution in [0.2, 0.25) is 0 Å². The number of hydrogen-bond donors (Lipinski definition) is 1. The predicted molar refractivity (Wildman–Crippen MR) is 49.2 cm³/mol. The Bertz CT molecular complexity index is 409. The summed E-state index contributed by atoms with van der Waals surface area (Å²) in [5.74, 6) is 0.286. The lowest BCUT2D eigenvalue weighted by Crippen LogP contribution is -2.16. The van der Waals surface area contributed by atoms with Gasteiger partial charge in [0.05, 0.1) is 5.69 Å². The Morgan fingerprint density at radius 3 is 2.86 bits per heavy atom. The first-order valence-electron chi connectivity index (χ1n) is 3.80. The molecular weight excluding hydrogens is 184 g/mol. The normalized spacial score (nSPS) is 8.93. The standard InChI is InChI=1S/C9H8N2O3/c1-6-7(11-5-12)3-2-4-8(6)14-9(10)13/h2-4H,1H3,(H2,10,13). The average Bonchev–Trinajstić information content (AvgIpc) is 2.11. The van der Waals surface area contributed by atoms with Crippen LogP contribution in [0.1, 0.15) is 5.56 Å². The minimum Gasteiger partial charge on any atom is -0.410 e. The first-order chi connectivity index (χ1) is 6.65. The van der Waals surface area contributed by atoms with E-state index in [1.807, 2.05) is 0 Å². The zero-order valence-electron chi connectivity index (χ0n) is 7.48. The summed E-state index contributed by atoms with van der Waals surface area (Å²) in [4.78, 5) is 24.0. The molecule has 1 aromatic rings. The number of ether oxygens (including phenoxy) is 1. The van der Waals surface area contributed by atoms with Crippen LogP contribution in [0.5, 0.6) is 5.75 Å². The zero-order chi connectivity index (χ0) is 10.6. The Balaban J connectivity index is 3.13. The highest BCUT2D eigenvalue weighted by Crippen LogP contribution is 2.27. The molecule has 0 unspecified atom stereocenters. The van der Waals surface area contributed by atoms with Crippen molar-refractivity contribution < 1.29 is 14.3 Å². The van der Waals surface area contributed by atoms with Crippen LogP contribution in [0, 0.1) is 6.92 Å². The average molecular weight is 192 g/mol. The third-order valence-electron chi connectivity index (χ3n) is 1.63. The van der Waals surface area contributed by atoms with Crippen molar-refractivity contribution in [1.29, 1.82) is 0 Å². The Kier molecular flexibility index (Phi) is 2.99. The van der Waals surface area contributed by atoms with Gasteiger partial charge in [0.1, 0.15) is 5.75 Å². The number of amides is 1. The summed E-state index contributed by atoms with van der Waals surface area (Å²) in [5, 5.41) is 0. The topological polar surface area (TPSA) is 81.8 Å². The molecule has 5 heteroatoms. The molecule has 0 saturated carbocycles. The van der Waals surface area contributed by atoms with E-state index in [0.29, 0.717) is 11.3 Å². The van der Waals surface area contributed by atoms with Gasteiger partial charge in [-0.3, -0.25) is 0 Å². The Labute approximate surface area is 80.2 Å². The van der Waals surface area contributed by atoms with E-state index in [-0.39, 0.29) is 5.75 Å². The molecule has 0 bridgehead atoms. The lowest BCUT2D eigenvalue weighted by Gasteiger charge is -2.05. The third-order valence-corrected chi connectivity index (χ3v) is 1.63. The zero-order valence-corrected chi connectivity index (χ0v) is 7.48. The van der Waals surface area contributed by atoms with Gasteiger partial charge in [-0.05, 0) is 19.1 Å². The molecule has 0 aliphatic heterocycles. The monoisotopic (exact) mass is 192 g/mol. The SMILES string of the molecule is Cc1c(N=C=O)cccc1OC(N)=O. The van der Waals surface area contributed by atoms with Crippen molar-refractivity contribution in [2.45, 2.75) is 6.92 Å². The molecule has 2 N–H and O–H groups in total. The van der Waals surface area contributed by atoms with Crippen LogP contribution in [0.3, 0.4) is 0 Å². The van der Waals surface area contributed by atoms with Gasteiger partial charge in [-0.2, -0.15) is 4.99 Å². The third kappa shape index (κ3) is 2.18. The summed E-state index contributed by atoms with van der Waals surface area (Å²) in [6.45, 7) is 1.66. The van der Waals surface area contributed by atoms with Gasteiger partial charge in [0.25, 0.3) is 0 Å². The highest BCUT2D eigenvalue weighted by atomic mass is 16.5. The summed E-state index contributed by atoms with van der Waals surface area (Å²) in [7, 11) is 0. The van der Waals surface area contributed by atoms with Crippen molar-refractivity contribution in [1.82, 2.24) is 0 Å². The molecule has 1 rings (SSSR count). The van der Waals surface area contributed by atoms with Gasteiger partial charge in [-0.25, -0.2) is 9.59 Å². The van der Waals surface area contributed by atoms with Crippen LogP contribution in [0.25, 0.3) is 0 Å². The molecule has 1 amide bonds. The number of nitrogens with zero attached hydrogens (tertiary/aromatic N) is 1. The van der Waals surface area contributed by atoms with Crippen LogP contribution in [0.15, 0.2) is 23.2 Å². The number of carbonyl (C=O) groups is 1. The minimum atomic E-state index is -0.902. The van der Waals surface area contributed by atoms with E-state index < -0.39 is 6.09 Å². The van der Waals surface area contributed by atoms with Crippen molar-refractivity contribution >= 4 is 17.9 Å². The highest BCUT2D eigenvalue weighted by Gasteiger charge is 2.06. The molecule has 0 aliphatic rings. The Hall–Kier alpha value is -2.13. The van der Waals surface area contributed by atoms with Gasteiger partial charge in [-0.1, -0.05) is 6.07 Å². The van der Waals surface area contributed by atoms with Crippen LogP contribution >= 0.6 is 0 Å². The van der Waals surface area contributed by atoms with Crippen molar-refractivity contribution in [3.05, 3.63) is 23.8 Å². The van der Waals surface area contributed by atoms with Gasteiger partial charge < -0.3 is 10.5 Å². The molecule has 14 heavy (non-hydrogen) atoms. The number of isocyanates is 1. The predicted octanol–water partition coefficient (Wildman–Crippen LogP) is 1.42. The summed E-state index contributed by atoms with van der Waals surface area (Å²) in [5.41, 5.74) is 5.81.